The van der Waals surface area contributed by atoms with Crippen molar-refractivity contribution in [3.63, 3.8) is 0 Å². The van der Waals surface area contributed by atoms with Crippen molar-refractivity contribution in [2.24, 2.45) is 0 Å². The van der Waals surface area contributed by atoms with E-state index in [-0.39, 0.29) is 18.1 Å². The van der Waals surface area contributed by atoms with Crippen LogP contribution in [-0.4, -0.2) is 44.4 Å². The largest absolute Gasteiger partial charge is 0.379 e. The number of hydrogen-bond donors (Lipinski definition) is 3. The number of ether oxygens (including phenoxy) is 1. The summed E-state index contributed by atoms with van der Waals surface area (Å²) < 4.78 is 5.19. The molecule has 2 aliphatic heterocycles. The van der Waals surface area contributed by atoms with Crippen molar-refractivity contribution >= 4 is 6.03 Å². The molecule has 5 heteroatoms. The molecular weight excluding hydrogens is 194 g/mol. The second-order valence-electron chi connectivity index (χ2n) is 4.22. The minimum atomic E-state index is -0.0563. The van der Waals surface area contributed by atoms with Gasteiger partial charge >= 0.3 is 6.03 Å². The van der Waals surface area contributed by atoms with Gasteiger partial charge in [0, 0.05) is 19.2 Å². The molecule has 2 aliphatic rings. The van der Waals surface area contributed by atoms with Crippen molar-refractivity contribution in [1.29, 1.82) is 0 Å². The highest BCUT2D eigenvalue weighted by atomic mass is 16.5. The van der Waals surface area contributed by atoms with Crippen LogP contribution in [0.3, 0.4) is 0 Å². The second-order valence-corrected chi connectivity index (χ2v) is 4.22. The van der Waals surface area contributed by atoms with E-state index in [0.717, 1.165) is 39.0 Å². The van der Waals surface area contributed by atoms with E-state index < -0.39 is 0 Å². The normalized spacial score (nSPS) is 31.2. The molecule has 5 nitrogen and oxygen atoms in total. The number of nitrogens with one attached hydrogen (secondary N) is 3. The Kier molecular flexibility index (Phi) is 3.80. The van der Waals surface area contributed by atoms with Crippen LogP contribution in [0.25, 0.3) is 0 Å². The lowest BCUT2D eigenvalue weighted by Gasteiger charge is -2.24. The molecule has 0 spiro atoms. The maximum Gasteiger partial charge on any atom is 0.315 e. The Labute approximate surface area is 89.9 Å². The third-order valence-corrected chi connectivity index (χ3v) is 2.90. The molecule has 0 aromatic carbocycles. The number of piperidine rings is 1. The molecule has 0 radical (unpaired) electrons. The number of urea groups is 1. The summed E-state index contributed by atoms with van der Waals surface area (Å²) in [5.74, 6) is 0. The van der Waals surface area contributed by atoms with Crippen LogP contribution in [0.2, 0.25) is 0 Å². The summed E-state index contributed by atoms with van der Waals surface area (Å²) in [6.07, 6.45) is 3.13. The van der Waals surface area contributed by atoms with Crippen LogP contribution < -0.4 is 16.0 Å². The predicted octanol–water partition coefficient (Wildman–Crippen LogP) is -0.173. The van der Waals surface area contributed by atoms with Crippen LogP contribution in [0.4, 0.5) is 4.79 Å². The lowest BCUT2D eigenvalue weighted by Crippen LogP contribution is -2.51. The molecule has 86 valence electrons. The van der Waals surface area contributed by atoms with E-state index in [0.29, 0.717) is 6.61 Å². The van der Waals surface area contributed by atoms with Crippen molar-refractivity contribution in [1.82, 2.24) is 16.0 Å². The van der Waals surface area contributed by atoms with Gasteiger partial charge in [-0.15, -0.1) is 0 Å². The second kappa shape index (κ2) is 5.32. The van der Waals surface area contributed by atoms with Gasteiger partial charge in [0.15, 0.2) is 0 Å². The van der Waals surface area contributed by atoms with E-state index in [2.05, 4.69) is 16.0 Å². The highest BCUT2D eigenvalue weighted by molar-refractivity contribution is 5.74. The van der Waals surface area contributed by atoms with E-state index in [1.807, 2.05) is 0 Å². The molecule has 0 aromatic rings. The molecule has 2 atom stereocenters. The fourth-order valence-corrected chi connectivity index (χ4v) is 2.04. The molecule has 2 fully saturated rings. The third kappa shape index (κ3) is 3.35. The van der Waals surface area contributed by atoms with Gasteiger partial charge in [-0.2, -0.15) is 0 Å². The zero-order valence-corrected chi connectivity index (χ0v) is 8.92. The van der Waals surface area contributed by atoms with Gasteiger partial charge in [-0.05, 0) is 25.8 Å². The average Bonchev–Trinajstić information content (AvgIpc) is 2.71. The van der Waals surface area contributed by atoms with Gasteiger partial charge in [-0.3, -0.25) is 0 Å². The molecule has 2 saturated heterocycles. The van der Waals surface area contributed by atoms with Gasteiger partial charge in [0.1, 0.15) is 0 Å². The maximum atomic E-state index is 11.6. The molecule has 2 rings (SSSR count). The highest BCUT2D eigenvalue weighted by Gasteiger charge is 2.20. The Hall–Kier alpha value is -0.810. The first-order valence-corrected chi connectivity index (χ1v) is 5.70. The van der Waals surface area contributed by atoms with E-state index in [1.165, 1.54) is 0 Å². The summed E-state index contributed by atoms with van der Waals surface area (Å²) in [6, 6.07) is 0.418. The molecule has 0 saturated carbocycles. The van der Waals surface area contributed by atoms with Crippen molar-refractivity contribution in [2.45, 2.75) is 31.3 Å². The van der Waals surface area contributed by atoms with Crippen LogP contribution in [0.1, 0.15) is 19.3 Å². The molecule has 0 bridgehead atoms. The summed E-state index contributed by atoms with van der Waals surface area (Å²) in [5.41, 5.74) is 0. The summed E-state index contributed by atoms with van der Waals surface area (Å²) in [7, 11) is 0. The SMILES string of the molecule is O=C(NC1CCOC1)N[C@H]1CCCNC1. The molecule has 0 aliphatic carbocycles. The monoisotopic (exact) mass is 213 g/mol. The van der Waals surface area contributed by atoms with E-state index >= 15 is 0 Å². The number of rotatable bonds is 2. The molecule has 3 N–H and O–H groups in total. The Morgan fingerprint density at radius 2 is 2.13 bits per heavy atom. The number of amides is 2. The van der Waals surface area contributed by atoms with E-state index in [1.54, 1.807) is 0 Å². The summed E-state index contributed by atoms with van der Waals surface area (Å²) in [5, 5.41) is 9.17. The number of carbonyl (C=O) groups is 1. The van der Waals surface area contributed by atoms with Crippen LogP contribution >= 0.6 is 0 Å². The average molecular weight is 213 g/mol. The quantitative estimate of drug-likeness (QED) is 0.596. The van der Waals surface area contributed by atoms with Crippen molar-refractivity contribution in [3.05, 3.63) is 0 Å². The van der Waals surface area contributed by atoms with Gasteiger partial charge in [-0.25, -0.2) is 4.79 Å². The number of hydrogen-bond acceptors (Lipinski definition) is 3. The lowest BCUT2D eigenvalue weighted by molar-refractivity contribution is 0.188. The minimum absolute atomic E-state index is 0.0563. The Morgan fingerprint density at radius 1 is 1.27 bits per heavy atom. The zero-order valence-electron chi connectivity index (χ0n) is 8.92. The topological polar surface area (TPSA) is 62.4 Å². The van der Waals surface area contributed by atoms with Gasteiger partial charge in [0.2, 0.25) is 0 Å². The van der Waals surface area contributed by atoms with Crippen molar-refractivity contribution < 1.29 is 9.53 Å². The zero-order chi connectivity index (χ0) is 10.5. The van der Waals surface area contributed by atoms with Crippen LogP contribution in [0.15, 0.2) is 0 Å². The molecule has 2 heterocycles. The minimum Gasteiger partial charge on any atom is -0.379 e. The molecule has 0 aromatic heterocycles. The predicted molar refractivity (Wildman–Crippen MR) is 56.8 cm³/mol. The Bertz CT molecular complexity index is 211. The molecule has 1 unspecified atom stereocenters. The molecule has 2 amide bonds. The van der Waals surface area contributed by atoms with E-state index in [4.69, 9.17) is 4.74 Å². The highest BCUT2D eigenvalue weighted by Crippen LogP contribution is 2.04. The maximum absolute atomic E-state index is 11.6. The Morgan fingerprint density at radius 3 is 2.80 bits per heavy atom. The fourth-order valence-electron chi connectivity index (χ4n) is 2.04. The van der Waals surface area contributed by atoms with Crippen molar-refractivity contribution in [3.8, 4) is 0 Å². The molecule has 15 heavy (non-hydrogen) atoms. The fraction of sp³-hybridized carbons (Fsp3) is 0.900. The number of carbonyl (C=O) groups excluding carboxylic acids is 1. The van der Waals surface area contributed by atoms with Crippen LogP contribution in [0.5, 0.6) is 0 Å². The first kappa shape index (κ1) is 10.7. The van der Waals surface area contributed by atoms with Gasteiger partial charge in [0.05, 0.1) is 12.6 Å². The van der Waals surface area contributed by atoms with Crippen LogP contribution in [-0.2, 0) is 4.74 Å². The standard InChI is InChI=1S/C10H19N3O2/c14-10(13-9-3-5-15-7-9)12-8-2-1-4-11-6-8/h8-9,11H,1-7H2,(H2,12,13,14)/t8-,9?/m0/s1. The van der Waals surface area contributed by atoms with Gasteiger partial charge in [0.25, 0.3) is 0 Å². The summed E-state index contributed by atoms with van der Waals surface area (Å²) in [6.45, 7) is 3.36. The molecular formula is C10H19N3O2. The van der Waals surface area contributed by atoms with Gasteiger partial charge in [-0.1, -0.05) is 0 Å². The summed E-state index contributed by atoms with van der Waals surface area (Å²) in [4.78, 5) is 11.6. The van der Waals surface area contributed by atoms with E-state index in [9.17, 15) is 4.79 Å². The Balaban J connectivity index is 1.66. The summed E-state index contributed by atoms with van der Waals surface area (Å²) >= 11 is 0. The third-order valence-electron chi connectivity index (χ3n) is 2.90. The first-order valence-electron chi connectivity index (χ1n) is 5.70. The lowest BCUT2D eigenvalue weighted by atomic mass is 10.1. The van der Waals surface area contributed by atoms with Crippen molar-refractivity contribution in [2.75, 3.05) is 26.3 Å². The first-order chi connectivity index (χ1) is 7.34. The van der Waals surface area contributed by atoms with Gasteiger partial charge < -0.3 is 20.7 Å². The van der Waals surface area contributed by atoms with Crippen LogP contribution in [0, 0.1) is 0 Å². The smallest absolute Gasteiger partial charge is 0.315 e.